The van der Waals surface area contributed by atoms with Crippen molar-refractivity contribution >= 4 is 17.4 Å². The number of ketones is 1. The third-order valence-electron chi connectivity index (χ3n) is 4.27. The molecule has 5 heteroatoms. The minimum Gasteiger partial charge on any atom is -0.494 e. The standard InChI is InChI=1S/C22H25NO4/c1-16(24)20(18-7-10-21-22(14-18)27-15-26-21)13-17-5-8-19(9-6-17)25-12-4-11-23(2)3/h5-10,13-14H,4,11-12,15H2,1-3H3/b20-13-. The molecule has 0 bridgehead atoms. The number of carbonyl (C=O) groups excluding carboxylic acids is 1. The summed E-state index contributed by atoms with van der Waals surface area (Å²) < 4.78 is 16.5. The molecule has 3 rings (SSSR count). The number of hydrogen-bond donors (Lipinski definition) is 0. The Labute approximate surface area is 160 Å². The second-order valence-electron chi connectivity index (χ2n) is 6.76. The van der Waals surface area contributed by atoms with Crippen molar-refractivity contribution in [3.63, 3.8) is 0 Å². The third-order valence-corrected chi connectivity index (χ3v) is 4.27. The fourth-order valence-corrected chi connectivity index (χ4v) is 2.85. The van der Waals surface area contributed by atoms with Gasteiger partial charge in [0.25, 0.3) is 0 Å². The second-order valence-corrected chi connectivity index (χ2v) is 6.76. The van der Waals surface area contributed by atoms with E-state index in [1.165, 1.54) is 0 Å². The molecule has 0 spiro atoms. The molecular weight excluding hydrogens is 342 g/mol. The van der Waals surface area contributed by atoms with Gasteiger partial charge >= 0.3 is 0 Å². The van der Waals surface area contributed by atoms with E-state index in [2.05, 4.69) is 4.90 Å². The van der Waals surface area contributed by atoms with Crippen molar-refractivity contribution in [2.45, 2.75) is 13.3 Å². The second kappa shape index (κ2) is 8.73. The summed E-state index contributed by atoms with van der Waals surface area (Å²) in [5.41, 5.74) is 2.39. The molecule has 0 saturated carbocycles. The molecule has 0 N–H and O–H groups in total. The summed E-state index contributed by atoms with van der Waals surface area (Å²) >= 11 is 0. The van der Waals surface area contributed by atoms with Gasteiger partial charge in [0.2, 0.25) is 6.79 Å². The Balaban J connectivity index is 1.71. The summed E-state index contributed by atoms with van der Waals surface area (Å²) in [7, 11) is 4.10. The van der Waals surface area contributed by atoms with Gasteiger partial charge in [-0.1, -0.05) is 18.2 Å². The van der Waals surface area contributed by atoms with Crippen LogP contribution < -0.4 is 14.2 Å². The number of ether oxygens (including phenoxy) is 3. The molecular formula is C22H25NO4. The van der Waals surface area contributed by atoms with E-state index in [0.29, 0.717) is 23.7 Å². The van der Waals surface area contributed by atoms with E-state index in [1.54, 1.807) is 6.92 Å². The molecule has 1 heterocycles. The molecule has 0 aromatic heterocycles. The molecule has 0 saturated heterocycles. The maximum absolute atomic E-state index is 12.2. The van der Waals surface area contributed by atoms with E-state index in [-0.39, 0.29) is 12.6 Å². The molecule has 0 fully saturated rings. The van der Waals surface area contributed by atoms with Crippen molar-refractivity contribution in [3.05, 3.63) is 53.6 Å². The van der Waals surface area contributed by atoms with Crippen LogP contribution in [0.15, 0.2) is 42.5 Å². The van der Waals surface area contributed by atoms with Gasteiger partial charge in [0.15, 0.2) is 17.3 Å². The van der Waals surface area contributed by atoms with Crippen molar-refractivity contribution in [2.75, 3.05) is 34.0 Å². The largest absolute Gasteiger partial charge is 0.494 e. The predicted molar refractivity (Wildman–Crippen MR) is 106 cm³/mol. The van der Waals surface area contributed by atoms with Gasteiger partial charge in [-0.15, -0.1) is 0 Å². The highest BCUT2D eigenvalue weighted by molar-refractivity contribution is 6.24. The molecule has 0 atom stereocenters. The van der Waals surface area contributed by atoms with E-state index in [1.807, 2.05) is 62.6 Å². The monoisotopic (exact) mass is 367 g/mol. The van der Waals surface area contributed by atoms with Gasteiger partial charge in [0, 0.05) is 12.1 Å². The van der Waals surface area contributed by atoms with Crippen LogP contribution in [0.1, 0.15) is 24.5 Å². The zero-order valence-electron chi connectivity index (χ0n) is 16.0. The SMILES string of the molecule is CC(=O)/C(=C/c1ccc(OCCCN(C)C)cc1)c1ccc2c(c1)OCO2. The van der Waals surface area contributed by atoms with Crippen LogP contribution >= 0.6 is 0 Å². The summed E-state index contributed by atoms with van der Waals surface area (Å²) in [5, 5.41) is 0. The summed E-state index contributed by atoms with van der Waals surface area (Å²) in [4.78, 5) is 14.3. The molecule has 142 valence electrons. The summed E-state index contributed by atoms with van der Waals surface area (Å²) in [5.74, 6) is 2.20. The highest BCUT2D eigenvalue weighted by Crippen LogP contribution is 2.35. The van der Waals surface area contributed by atoms with Crippen LogP contribution in [0, 0.1) is 0 Å². The molecule has 1 aliphatic heterocycles. The van der Waals surface area contributed by atoms with Gasteiger partial charge in [-0.2, -0.15) is 0 Å². The lowest BCUT2D eigenvalue weighted by Crippen LogP contribution is -2.15. The first-order valence-corrected chi connectivity index (χ1v) is 9.03. The first-order chi connectivity index (χ1) is 13.0. The quantitative estimate of drug-likeness (QED) is 0.403. The van der Waals surface area contributed by atoms with E-state index in [0.717, 1.165) is 29.8 Å². The Hall–Kier alpha value is -2.79. The van der Waals surface area contributed by atoms with Crippen molar-refractivity contribution in [2.24, 2.45) is 0 Å². The minimum atomic E-state index is -0.00197. The maximum atomic E-state index is 12.2. The van der Waals surface area contributed by atoms with Crippen molar-refractivity contribution < 1.29 is 19.0 Å². The van der Waals surface area contributed by atoms with Crippen molar-refractivity contribution in [3.8, 4) is 17.2 Å². The number of rotatable bonds is 8. The lowest BCUT2D eigenvalue weighted by molar-refractivity contribution is -0.111. The average Bonchev–Trinajstić information content (AvgIpc) is 3.11. The van der Waals surface area contributed by atoms with Gasteiger partial charge in [-0.05, 0) is 68.9 Å². The van der Waals surface area contributed by atoms with Crippen LogP contribution in [0.4, 0.5) is 0 Å². The molecule has 0 radical (unpaired) electrons. The Kier molecular flexibility index (Phi) is 6.14. The van der Waals surface area contributed by atoms with Crippen LogP contribution in [-0.2, 0) is 4.79 Å². The lowest BCUT2D eigenvalue weighted by atomic mass is 9.99. The molecule has 2 aromatic carbocycles. The highest BCUT2D eigenvalue weighted by atomic mass is 16.7. The normalized spacial score (nSPS) is 13.1. The number of allylic oxidation sites excluding steroid dienone is 1. The number of fused-ring (bicyclic) bond motifs is 1. The molecule has 1 aliphatic rings. The van der Waals surface area contributed by atoms with Gasteiger partial charge in [-0.3, -0.25) is 4.79 Å². The Morgan fingerprint density at radius 2 is 1.85 bits per heavy atom. The molecule has 2 aromatic rings. The lowest BCUT2D eigenvalue weighted by Gasteiger charge is -2.10. The van der Waals surface area contributed by atoms with Gasteiger partial charge in [0.05, 0.1) is 6.61 Å². The number of Topliss-reactive ketones (excluding diaryl/α,β-unsaturated/α-hetero) is 1. The van der Waals surface area contributed by atoms with Gasteiger partial charge < -0.3 is 19.1 Å². The number of hydrogen-bond acceptors (Lipinski definition) is 5. The molecule has 0 aliphatic carbocycles. The fourth-order valence-electron chi connectivity index (χ4n) is 2.85. The molecule has 0 amide bonds. The molecule has 0 unspecified atom stereocenters. The maximum Gasteiger partial charge on any atom is 0.231 e. The number of benzene rings is 2. The highest BCUT2D eigenvalue weighted by Gasteiger charge is 2.16. The molecule has 27 heavy (non-hydrogen) atoms. The van der Waals surface area contributed by atoms with E-state index < -0.39 is 0 Å². The van der Waals surface area contributed by atoms with Crippen LogP contribution in [0.2, 0.25) is 0 Å². The van der Waals surface area contributed by atoms with Crippen molar-refractivity contribution in [1.82, 2.24) is 4.90 Å². The zero-order valence-corrected chi connectivity index (χ0v) is 16.0. The van der Waals surface area contributed by atoms with Crippen LogP contribution in [0.25, 0.3) is 11.6 Å². The van der Waals surface area contributed by atoms with Crippen molar-refractivity contribution in [1.29, 1.82) is 0 Å². The molecule has 5 nitrogen and oxygen atoms in total. The Morgan fingerprint density at radius 1 is 1.11 bits per heavy atom. The van der Waals surface area contributed by atoms with Gasteiger partial charge in [0.1, 0.15) is 5.75 Å². The zero-order chi connectivity index (χ0) is 19.2. The van der Waals surface area contributed by atoms with E-state index >= 15 is 0 Å². The number of nitrogens with zero attached hydrogens (tertiary/aromatic N) is 1. The Bertz CT molecular complexity index is 825. The minimum absolute atomic E-state index is 0.00197. The Morgan fingerprint density at radius 3 is 2.56 bits per heavy atom. The van der Waals surface area contributed by atoms with Gasteiger partial charge in [-0.25, -0.2) is 0 Å². The summed E-state index contributed by atoms with van der Waals surface area (Å²) in [6.07, 6.45) is 2.86. The van der Waals surface area contributed by atoms with E-state index in [4.69, 9.17) is 14.2 Å². The first kappa shape index (κ1) is 19.0. The predicted octanol–water partition coefficient (Wildman–Crippen LogP) is 3.88. The third kappa shape index (κ3) is 5.11. The smallest absolute Gasteiger partial charge is 0.231 e. The topological polar surface area (TPSA) is 48.0 Å². The number of carbonyl (C=O) groups is 1. The van der Waals surface area contributed by atoms with E-state index in [9.17, 15) is 4.79 Å². The average molecular weight is 367 g/mol. The first-order valence-electron chi connectivity index (χ1n) is 9.03. The van der Waals surface area contributed by atoms with Crippen LogP contribution in [0.3, 0.4) is 0 Å². The summed E-state index contributed by atoms with van der Waals surface area (Å²) in [6.45, 7) is 3.47. The van der Waals surface area contributed by atoms with Crippen LogP contribution in [0.5, 0.6) is 17.2 Å². The fraction of sp³-hybridized carbons (Fsp3) is 0.318. The summed E-state index contributed by atoms with van der Waals surface area (Å²) in [6, 6.07) is 13.3. The van der Waals surface area contributed by atoms with Crippen LogP contribution in [-0.4, -0.2) is 44.7 Å².